The Morgan fingerprint density at radius 2 is 1.96 bits per heavy atom. The number of amides is 1. The molecular weight excluding hydrogens is 328 g/mol. The average molecular weight is 350 g/mol. The van der Waals surface area contributed by atoms with Gasteiger partial charge in [0.2, 0.25) is 15.9 Å². The number of nitrogens with zero attached hydrogens (tertiary/aromatic N) is 1. The molecule has 7 heteroatoms. The number of ether oxygens (including phenoxy) is 1. The minimum Gasteiger partial charge on any atom is -0.377 e. The Morgan fingerprint density at radius 3 is 2.71 bits per heavy atom. The zero-order valence-corrected chi connectivity index (χ0v) is 14.4. The van der Waals surface area contributed by atoms with E-state index in [0.29, 0.717) is 30.9 Å². The summed E-state index contributed by atoms with van der Waals surface area (Å²) in [5.41, 5.74) is 2.91. The van der Waals surface area contributed by atoms with Crippen LogP contribution in [0.4, 0.5) is 5.69 Å². The van der Waals surface area contributed by atoms with Crippen LogP contribution in [-0.2, 0) is 32.4 Å². The third kappa shape index (κ3) is 2.85. The van der Waals surface area contributed by atoms with Crippen molar-refractivity contribution in [1.82, 2.24) is 4.72 Å². The van der Waals surface area contributed by atoms with E-state index in [9.17, 15) is 13.2 Å². The van der Waals surface area contributed by atoms with Gasteiger partial charge >= 0.3 is 0 Å². The quantitative estimate of drug-likeness (QED) is 0.890. The Kier molecular flexibility index (Phi) is 4.10. The van der Waals surface area contributed by atoms with E-state index in [2.05, 4.69) is 4.72 Å². The van der Waals surface area contributed by atoms with Crippen molar-refractivity contribution in [3.8, 4) is 0 Å². The van der Waals surface area contributed by atoms with Crippen molar-refractivity contribution >= 4 is 21.6 Å². The van der Waals surface area contributed by atoms with Crippen LogP contribution in [0.2, 0.25) is 0 Å². The van der Waals surface area contributed by atoms with E-state index in [4.69, 9.17) is 4.74 Å². The van der Waals surface area contributed by atoms with Crippen LogP contribution >= 0.6 is 0 Å². The highest BCUT2D eigenvalue weighted by atomic mass is 32.2. The highest BCUT2D eigenvalue weighted by molar-refractivity contribution is 7.89. The monoisotopic (exact) mass is 350 g/mol. The molecule has 0 spiro atoms. The highest BCUT2D eigenvalue weighted by Crippen LogP contribution is 2.37. The Balaban J connectivity index is 1.63. The topological polar surface area (TPSA) is 75.7 Å². The van der Waals surface area contributed by atoms with Crippen LogP contribution in [-0.4, -0.2) is 40.1 Å². The molecule has 1 saturated heterocycles. The smallest absolute Gasteiger partial charge is 0.240 e. The van der Waals surface area contributed by atoms with E-state index in [1.165, 1.54) is 0 Å². The van der Waals surface area contributed by atoms with Gasteiger partial charge in [0.05, 0.1) is 16.7 Å². The first-order chi connectivity index (χ1) is 11.5. The molecule has 0 radical (unpaired) electrons. The van der Waals surface area contributed by atoms with Crippen molar-refractivity contribution in [1.29, 1.82) is 0 Å². The van der Waals surface area contributed by atoms with Gasteiger partial charge in [0.1, 0.15) is 0 Å². The van der Waals surface area contributed by atoms with Crippen molar-refractivity contribution in [2.24, 2.45) is 0 Å². The molecule has 1 atom stereocenters. The van der Waals surface area contributed by atoms with Crippen LogP contribution < -0.4 is 9.62 Å². The zero-order valence-electron chi connectivity index (χ0n) is 13.6. The SMILES string of the molecule is O=C1CCc2cc(S(=O)(=O)NC[C@@H]3CCCO3)cc3c2N1CCC3. The number of benzene rings is 1. The molecule has 6 nitrogen and oxygen atoms in total. The van der Waals surface area contributed by atoms with Gasteiger partial charge < -0.3 is 9.64 Å². The highest BCUT2D eigenvalue weighted by Gasteiger charge is 2.31. The third-order valence-electron chi connectivity index (χ3n) is 5.08. The van der Waals surface area contributed by atoms with E-state index in [1.807, 2.05) is 4.90 Å². The van der Waals surface area contributed by atoms with Gasteiger partial charge in [0, 0.05) is 26.1 Å². The molecule has 4 rings (SSSR count). The predicted octanol–water partition coefficient (Wildman–Crippen LogP) is 1.37. The molecule has 24 heavy (non-hydrogen) atoms. The summed E-state index contributed by atoms with van der Waals surface area (Å²) in [7, 11) is -3.55. The Bertz CT molecular complexity index is 752. The van der Waals surface area contributed by atoms with Gasteiger partial charge in [0.25, 0.3) is 0 Å². The molecule has 3 aliphatic rings. The summed E-state index contributed by atoms with van der Waals surface area (Å²) in [5.74, 6) is 0.149. The van der Waals surface area contributed by atoms with Crippen molar-refractivity contribution in [3.05, 3.63) is 23.3 Å². The lowest BCUT2D eigenvalue weighted by Crippen LogP contribution is -2.39. The van der Waals surface area contributed by atoms with Gasteiger partial charge in [-0.2, -0.15) is 0 Å². The van der Waals surface area contributed by atoms with Crippen LogP contribution in [0.25, 0.3) is 0 Å². The fraction of sp³-hybridized carbons (Fsp3) is 0.588. The van der Waals surface area contributed by atoms with Crippen LogP contribution in [0, 0.1) is 0 Å². The molecule has 3 heterocycles. The standard InChI is InChI=1S/C17H22N2O4S/c20-16-6-5-13-10-15(9-12-3-1-7-19(16)17(12)13)24(21,22)18-11-14-4-2-8-23-14/h9-10,14,18H,1-8,11H2/t14-/m0/s1. The van der Waals surface area contributed by atoms with Crippen LogP contribution in [0.3, 0.4) is 0 Å². The van der Waals surface area contributed by atoms with Crippen LogP contribution in [0.1, 0.15) is 36.8 Å². The van der Waals surface area contributed by atoms with Crippen molar-refractivity contribution in [3.63, 3.8) is 0 Å². The summed E-state index contributed by atoms with van der Waals surface area (Å²) < 4.78 is 33.5. The molecule has 1 amide bonds. The maximum absolute atomic E-state index is 12.7. The van der Waals surface area contributed by atoms with E-state index < -0.39 is 10.0 Å². The molecular formula is C17H22N2O4S. The lowest BCUT2D eigenvalue weighted by Gasteiger charge is -2.35. The number of hydrogen-bond acceptors (Lipinski definition) is 4. The number of hydrogen-bond donors (Lipinski definition) is 1. The Labute approximate surface area is 142 Å². The number of rotatable bonds is 4. The number of carbonyl (C=O) groups is 1. The normalized spacial score (nSPS) is 23.4. The predicted molar refractivity (Wildman–Crippen MR) is 89.6 cm³/mol. The molecule has 0 bridgehead atoms. The maximum atomic E-state index is 12.7. The fourth-order valence-corrected chi connectivity index (χ4v) is 5.03. The summed E-state index contributed by atoms with van der Waals surface area (Å²) in [4.78, 5) is 14.2. The van der Waals surface area contributed by atoms with Gasteiger partial charge in [-0.15, -0.1) is 0 Å². The van der Waals surface area contributed by atoms with Gasteiger partial charge in [-0.3, -0.25) is 4.79 Å². The summed E-state index contributed by atoms with van der Waals surface area (Å²) in [5, 5.41) is 0. The largest absolute Gasteiger partial charge is 0.377 e. The maximum Gasteiger partial charge on any atom is 0.240 e. The molecule has 1 N–H and O–H groups in total. The van der Waals surface area contributed by atoms with Gasteiger partial charge in [-0.1, -0.05) is 0 Å². The van der Waals surface area contributed by atoms with Crippen LogP contribution in [0.5, 0.6) is 0 Å². The molecule has 1 fully saturated rings. The summed E-state index contributed by atoms with van der Waals surface area (Å²) in [6.45, 7) is 1.76. The first kappa shape index (κ1) is 16.1. The van der Waals surface area contributed by atoms with E-state index >= 15 is 0 Å². The van der Waals surface area contributed by atoms with Gasteiger partial charge in [-0.25, -0.2) is 13.1 Å². The zero-order chi connectivity index (χ0) is 16.7. The number of carbonyl (C=O) groups excluding carboxylic acids is 1. The van der Waals surface area contributed by atoms with Gasteiger partial charge in [-0.05, 0) is 55.4 Å². The summed E-state index contributed by atoms with van der Waals surface area (Å²) >= 11 is 0. The second kappa shape index (κ2) is 6.13. The van der Waals surface area contributed by atoms with E-state index in [1.54, 1.807) is 12.1 Å². The Morgan fingerprint density at radius 1 is 1.17 bits per heavy atom. The lowest BCUT2D eigenvalue weighted by molar-refractivity contribution is -0.119. The molecule has 3 aliphatic heterocycles. The number of aryl methyl sites for hydroxylation is 2. The molecule has 1 aromatic carbocycles. The van der Waals surface area contributed by atoms with Crippen molar-refractivity contribution in [2.75, 3.05) is 24.6 Å². The van der Waals surface area contributed by atoms with Crippen LogP contribution in [0.15, 0.2) is 17.0 Å². The van der Waals surface area contributed by atoms with Crippen molar-refractivity contribution < 1.29 is 17.9 Å². The average Bonchev–Trinajstić information content (AvgIpc) is 3.10. The number of nitrogens with one attached hydrogen (secondary N) is 1. The summed E-state index contributed by atoms with van der Waals surface area (Å²) in [6, 6.07) is 3.48. The van der Waals surface area contributed by atoms with E-state index in [-0.39, 0.29) is 12.0 Å². The molecule has 0 saturated carbocycles. The second-order valence-electron chi connectivity index (χ2n) is 6.73. The molecule has 0 aliphatic carbocycles. The minimum absolute atomic E-state index is 0.0242. The second-order valence-corrected chi connectivity index (χ2v) is 8.49. The molecule has 0 aromatic heterocycles. The van der Waals surface area contributed by atoms with Crippen molar-refractivity contribution in [2.45, 2.75) is 49.5 Å². The first-order valence-corrected chi connectivity index (χ1v) is 10.1. The van der Waals surface area contributed by atoms with Gasteiger partial charge in [0.15, 0.2) is 0 Å². The summed E-state index contributed by atoms with van der Waals surface area (Å²) in [6.07, 6.45) is 4.64. The first-order valence-electron chi connectivity index (χ1n) is 8.62. The fourth-order valence-electron chi connectivity index (χ4n) is 3.87. The number of anilines is 1. The Hall–Kier alpha value is -1.44. The van der Waals surface area contributed by atoms with E-state index in [0.717, 1.165) is 49.0 Å². The molecule has 1 aromatic rings. The third-order valence-corrected chi connectivity index (χ3v) is 6.49. The molecule has 130 valence electrons. The minimum atomic E-state index is -3.55. The number of sulfonamides is 1. The molecule has 0 unspecified atom stereocenters. The lowest BCUT2D eigenvalue weighted by atomic mass is 9.92.